The van der Waals surface area contributed by atoms with Crippen LogP contribution in [0.25, 0.3) is 0 Å². The van der Waals surface area contributed by atoms with Crippen molar-refractivity contribution in [3.8, 4) is 0 Å². The summed E-state index contributed by atoms with van der Waals surface area (Å²) in [7, 11) is 0. The molecule has 0 aliphatic heterocycles. The highest BCUT2D eigenvalue weighted by molar-refractivity contribution is 5.18. The molecule has 41 heavy (non-hydrogen) atoms. The van der Waals surface area contributed by atoms with E-state index in [-0.39, 0.29) is 0 Å². The van der Waals surface area contributed by atoms with Crippen LogP contribution in [0.2, 0.25) is 0 Å². The molecule has 2 saturated carbocycles. The van der Waals surface area contributed by atoms with E-state index in [2.05, 4.69) is 67.5 Å². The largest absolute Gasteiger partial charge is 0.366 e. The number of hydrogen-bond acceptors (Lipinski definition) is 1. The van der Waals surface area contributed by atoms with Crippen LogP contribution in [0.15, 0.2) is 23.3 Å². The van der Waals surface area contributed by atoms with Gasteiger partial charge in [-0.15, -0.1) is 0 Å². The highest BCUT2D eigenvalue weighted by Crippen LogP contribution is 2.44. The summed E-state index contributed by atoms with van der Waals surface area (Å²) in [4.78, 5) is 0. The molecule has 1 nitrogen and oxygen atoms in total. The van der Waals surface area contributed by atoms with Crippen molar-refractivity contribution in [1.29, 1.82) is 0 Å². The lowest BCUT2D eigenvalue weighted by atomic mass is 9.69. The van der Waals surface area contributed by atoms with Crippen LogP contribution in [0.3, 0.4) is 0 Å². The molecule has 0 spiro atoms. The molecule has 4 rings (SSSR count). The molecule has 0 aromatic carbocycles. The fourth-order valence-electron chi connectivity index (χ4n) is 9.75. The fraction of sp³-hybridized carbons (Fsp3) is 0.900. The Bertz CT molecular complexity index is 746. The van der Waals surface area contributed by atoms with Crippen LogP contribution in [0.5, 0.6) is 0 Å². The van der Waals surface area contributed by atoms with E-state index in [1.165, 1.54) is 103 Å². The van der Waals surface area contributed by atoms with Crippen molar-refractivity contribution >= 4 is 0 Å². The van der Waals surface area contributed by atoms with Crippen molar-refractivity contribution < 1.29 is 4.74 Å². The molecule has 236 valence electrons. The first-order valence-corrected chi connectivity index (χ1v) is 18.6. The average Bonchev–Trinajstić information content (AvgIpc) is 2.94. The van der Waals surface area contributed by atoms with E-state index in [1.54, 1.807) is 11.1 Å². The van der Waals surface area contributed by atoms with Crippen molar-refractivity contribution in [2.75, 3.05) is 0 Å². The zero-order valence-corrected chi connectivity index (χ0v) is 28.8. The van der Waals surface area contributed by atoms with E-state index in [4.69, 9.17) is 4.74 Å². The van der Waals surface area contributed by atoms with Crippen molar-refractivity contribution in [3.05, 3.63) is 23.3 Å². The lowest BCUT2D eigenvalue weighted by molar-refractivity contribution is -0.0242. The molecule has 4 aliphatic carbocycles. The second-order valence-corrected chi connectivity index (χ2v) is 16.9. The Morgan fingerprint density at radius 2 is 0.878 bits per heavy atom. The maximum Gasteiger partial charge on any atom is 0.0816 e. The van der Waals surface area contributed by atoms with Gasteiger partial charge >= 0.3 is 0 Å². The topological polar surface area (TPSA) is 9.23 Å². The van der Waals surface area contributed by atoms with E-state index >= 15 is 0 Å². The molecule has 1 heteroatoms. The van der Waals surface area contributed by atoms with Crippen molar-refractivity contribution in [2.45, 2.75) is 170 Å². The number of ether oxygens (including phenoxy) is 1. The normalized spacial score (nSPS) is 33.3. The Morgan fingerprint density at radius 3 is 1.15 bits per heavy atom. The van der Waals surface area contributed by atoms with Gasteiger partial charge in [-0.05, 0) is 147 Å². The van der Waals surface area contributed by atoms with E-state index in [0.29, 0.717) is 24.0 Å². The number of hydrogen-bond donors (Lipinski definition) is 0. The Hall–Kier alpha value is -0.560. The number of rotatable bonds is 12. The van der Waals surface area contributed by atoms with Gasteiger partial charge < -0.3 is 4.74 Å². The molecule has 0 saturated heterocycles. The molecular formula is C40H70O. The monoisotopic (exact) mass is 567 g/mol. The standard InChI is InChI=1S/C40H70O/c1-27(2)25-31-9-13-33(14-10-31)35-17-21-37(22-18-35)39(29(5)6)41-40(30(7)8)38-23-19-36(20-24-38)34-15-11-32(12-16-34)26-28(3)4/h21,23,27-36,39-40H,9-20,22,24-26H2,1-8H3. The SMILES string of the molecule is CC(C)CC1CCC(C2CC=C(C(OC(C3=CCC(C4CCC(CC(C)C)CC4)CC3)C(C)C)C(C)C)CC2)CC1. The van der Waals surface area contributed by atoms with E-state index in [9.17, 15) is 0 Å². The summed E-state index contributed by atoms with van der Waals surface area (Å²) in [6.45, 7) is 19.2. The second kappa shape index (κ2) is 16.0. The highest BCUT2D eigenvalue weighted by Gasteiger charge is 2.35. The Kier molecular flexibility index (Phi) is 13.0. The lowest BCUT2D eigenvalue weighted by Gasteiger charge is -2.40. The first-order chi connectivity index (χ1) is 19.6. The van der Waals surface area contributed by atoms with E-state index in [1.807, 2.05) is 0 Å². The average molecular weight is 567 g/mol. The fourth-order valence-corrected chi connectivity index (χ4v) is 9.75. The van der Waals surface area contributed by atoms with Crippen LogP contribution in [-0.4, -0.2) is 12.2 Å². The molecule has 4 unspecified atom stereocenters. The third-order valence-corrected chi connectivity index (χ3v) is 11.9. The summed E-state index contributed by atoms with van der Waals surface area (Å²) in [5.41, 5.74) is 3.26. The molecule has 0 bridgehead atoms. The molecule has 0 aromatic rings. The predicted molar refractivity (Wildman–Crippen MR) is 179 cm³/mol. The zero-order chi connectivity index (χ0) is 29.5. The summed E-state index contributed by atoms with van der Waals surface area (Å²) >= 11 is 0. The van der Waals surface area contributed by atoms with Crippen LogP contribution < -0.4 is 0 Å². The molecule has 0 amide bonds. The van der Waals surface area contributed by atoms with Gasteiger partial charge in [0.2, 0.25) is 0 Å². The van der Waals surface area contributed by atoms with Gasteiger partial charge in [0.1, 0.15) is 0 Å². The summed E-state index contributed by atoms with van der Waals surface area (Å²) in [5, 5.41) is 0. The second-order valence-electron chi connectivity index (χ2n) is 16.9. The maximum atomic E-state index is 7.18. The quantitative estimate of drug-likeness (QED) is 0.213. The van der Waals surface area contributed by atoms with Crippen LogP contribution >= 0.6 is 0 Å². The van der Waals surface area contributed by atoms with Gasteiger partial charge in [0.05, 0.1) is 12.2 Å². The summed E-state index contributed by atoms with van der Waals surface area (Å²) in [6, 6.07) is 0. The minimum atomic E-state index is 0.292. The molecular weight excluding hydrogens is 496 g/mol. The summed E-state index contributed by atoms with van der Waals surface area (Å²) in [6.07, 6.45) is 28.6. The van der Waals surface area contributed by atoms with Gasteiger partial charge in [-0.1, -0.05) is 93.2 Å². The third-order valence-electron chi connectivity index (χ3n) is 11.9. The molecule has 0 aromatic heterocycles. The van der Waals surface area contributed by atoms with Gasteiger partial charge in [-0.2, -0.15) is 0 Å². The van der Waals surface area contributed by atoms with Crippen LogP contribution in [0.1, 0.15) is 158 Å². The van der Waals surface area contributed by atoms with Gasteiger partial charge in [0.15, 0.2) is 0 Å². The predicted octanol–water partition coefficient (Wildman–Crippen LogP) is 12.2. The molecule has 2 fully saturated rings. The van der Waals surface area contributed by atoms with Gasteiger partial charge in [0.25, 0.3) is 0 Å². The minimum Gasteiger partial charge on any atom is -0.366 e. The van der Waals surface area contributed by atoms with Crippen molar-refractivity contribution in [2.24, 2.45) is 59.2 Å². The maximum absolute atomic E-state index is 7.18. The third kappa shape index (κ3) is 9.71. The molecule has 0 N–H and O–H groups in total. The van der Waals surface area contributed by atoms with Crippen LogP contribution in [0.4, 0.5) is 0 Å². The Morgan fingerprint density at radius 1 is 0.512 bits per heavy atom. The first kappa shape index (κ1) is 33.3. The van der Waals surface area contributed by atoms with Gasteiger partial charge in [0, 0.05) is 0 Å². The Labute approximate surface area is 257 Å². The molecule has 0 radical (unpaired) electrons. The summed E-state index contributed by atoms with van der Waals surface area (Å²) in [5.74, 6) is 8.62. The summed E-state index contributed by atoms with van der Waals surface area (Å²) < 4.78 is 7.18. The molecule has 4 aliphatic rings. The van der Waals surface area contributed by atoms with E-state index in [0.717, 1.165) is 47.3 Å². The van der Waals surface area contributed by atoms with Crippen molar-refractivity contribution in [1.82, 2.24) is 0 Å². The zero-order valence-electron chi connectivity index (χ0n) is 28.8. The smallest absolute Gasteiger partial charge is 0.0816 e. The van der Waals surface area contributed by atoms with Gasteiger partial charge in [-0.3, -0.25) is 0 Å². The minimum absolute atomic E-state index is 0.292. The van der Waals surface area contributed by atoms with Crippen molar-refractivity contribution in [3.63, 3.8) is 0 Å². The Balaban J connectivity index is 1.30. The highest BCUT2D eigenvalue weighted by atomic mass is 16.5. The van der Waals surface area contributed by atoms with Gasteiger partial charge in [-0.25, -0.2) is 0 Å². The number of allylic oxidation sites excluding steroid dienone is 2. The van der Waals surface area contributed by atoms with Crippen LogP contribution in [0, 0.1) is 59.2 Å². The lowest BCUT2D eigenvalue weighted by Crippen LogP contribution is -2.35. The van der Waals surface area contributed by atoms with Crippen LogP contribution in [-0.2, 0) is 4.74 Å². The van der Waals surface area contributed by atoms with E-state index < -0.39 is 0 Å². The molecule has 0 heterocycles. The first-order valence-electron chi connectivity index (χ1n) is 18.6. The molecule has 4 atom stereocenters.